The molecule has 3 saturated heterocycles. The van der Waals surface area contributed by atoms with Crippen molar-refractivity contribution in [3.05, 3.63) is 12.2 Å². The van der Waals surface area contributed by atoms with Crippen molar-refractivity contribution < 1.29 is 69.0 Å². The normalized spacial score (nSPS) is 57.1. The monoisotopic (exact) mass is 822 g/mol. The molecule has 58 heavy (non-hydrogen) atoms. The van der Waals surface area contributed by atoms with Crippen molar-refractivity contribution in [2.75, 3.05) is 19.8 Å². The molecule has 3 heterocycles. The van der Waals surface area contributed by atoms with Crippen LogP contribution in [0.15, 0.2) is 12.2 Å². The molecular weight excluding hydrogens is 752 g/mol. The third-order valence-electron chi connectivity index (χ3n) is 18.2. The molecule has 7 fully saturated rings. The van der Waals surface area contributed by atoms with E-state index in [0.29, 0.717) is 19.4 Å². The molecule has 4 saturated carbocycles. The van der Waals surface area contributed by atoms with Crippen LogP contribution in [-0.4, -0.2) is 141 Å². The minimum atomic E-state index is -1.76. The topological polar surface area (TPSA) is 214 Å². The first-order valence-corrected chi connectivity index (χ1v) is 21.8. The van der Waals surface area contributed by atoms with E-state index in [9.17, 15) is 40.5 Å². The summed E-state index contributed by atoms with van der Waals surface area (Å²) in [5, 5.41) is 78.2. The number of rotatable bonds is 7. The lowest BCUT2D eigenvalue weighted by atomic mass is 9.32. The summed E-state index contributed by atoms with van der Waals surface area (Å²) in [7, 11) is 0. The predicted molar refractivity (Wildman–Crippen MR) is 206 cm³/mol. The molecule has 21 atom stereocenters. The Morgan fingerprint density at radius 2 is 1.50 bits per heavy atom. The first-order valence-electron chi connectivity index (χ1n) is 21.8. The zero-order valence-corrected chi connectivity index (χ0v) is 35.6. The van der Waals surface area contributed by atoms with Crippen molar-refractivity contribution in [3.8, 4) is 0 Å². The third-order valence-corrected chi connectivity index (χ3v) is 18.2. The van der Waals surface area contributed by atoms with Gasteiger partial charge in [-0.15, -0.1) is 0 Å². The zero-order chi connectivity index (χ0) is 42.2. The van der Waals surface area contributed by atoms with Crippen LogP contribution in [0.25, 0.3) is 0 Å². The van der Waals surface area contributed by atoms with E-state index in [1.54, 1.807) is 6.92 Å². The Morgan fingerprint density at radius 1 is 0.793 bits per heavy atom. The highest BCUT2D eigenvalue weighted by atomic mass is 16.7. The second kappa shape index (κ2) is 14.4. The SMILES string of the molecule is CC(=O)OC[C@H]1O[C@@H](O[C@@H]2[C@@H](O)[C@@H](C)O[C@@H](O[C@H]3CC[C@@]4(C)[C@@H](CC[C@]5(C)[C@@H]4C=C[C@]46OC[C@@]7(CCC(C)(C)C[C@@H]74)[C@@H](O)C[C@]65C)[C@]3(C)CO)[C@@H]2O)[C@H](O)[C@H](O)[C@@H]1O. The van der Waals surface area contributed by atoms with Crippen molar-refractivity contribution in [2.24, 2.45) is 50.2 Å². The minimum Gasteiger partial charge on any atom is -0.463 e. The lowest BCUT2D eigenvalue weighted by molar-refractivity contribution is -0.367. The van der Waals surface area contributed by atoms with Crippen LogP contribution in [0.5, 0.6) is 0 Å². The Hall–Kier alpha value is -1.27. The summed E-state index contributed by atoms with van der Waals surface area (Å²) < 4.78 is 36.5. The molecule has 8 rings (SSSR count). The molecule has 0 unspecified atom stereocenters. The van der Waals surface area contributed by atoms with E-state index in [2.05, 4.69) is 53.7 Å². The smallest absolute Gasteiger partial charge is 0.302 e. The van der Waals surface area contributed by atoms with Gasteiger partial charge in [0.2, 0.25) is 0 Å². The average molecular weight is 823 g/mol. The Kier molecular flexibility index (Phi) is 10.8. The van der Waals surface area contributed by atoms with Crippen LogP contribution in [-0.2, 0) is 33.2 Å². The van der Waals surface area contributed by atoms with E-state index < -0.39 is 97.2 Å². The lowest BCUT2D eigenvalue weighted by Crippen LogP contribution is -2.72. The molecule has 2 bridgehead atoms. The molecule has 7 N–H and O–H groups in total. The average Bonchev–Trinajstić information content (AvgIpc) is 3.44. The van der Waals surface area contributed by atoms with Crippen LogP contribution in [0.1, 0.15) is 107 Å². The van der Waals surface area contributed by atoms with Crippen LogP contribution in [0, 0.1) is 50.2 Å². The molecule has 330 valence electrons. The molecule has 5 aliphatic carbocycles. The molecule has 3 aliphatic heterocycles. The van der Waals surface area contributed by atoms with Gasteiger partial charge in [-0.25, -0.2) is 0 Å². The standard InChI is InChI=1S/C44H70O14/c1-22-30(48)35(58-36-33(51)32(50)31(49)24(56-36)19-53-23(2)46)34(52)37(55-22)57-29-11-12-39(5)25(40(29,6)20-45)9-13-41(7)26(39)10-14-44-27-17-38(3,4)15-16-43(27,21-54-44)28(47)18-42(41,44)8/h10,14,22,24-37,45,47-52H,9,11-13,15-21H2,1-8H3/t22-,24-,25-,26-,27+,28+,29+,30+,31-,32-,33-,34-,35-,36+,37+,39+,40+,41-,42+,43-,44+/m1/s1. The maximum absolute atomic E-state index is 12.2. The third kappa shape index (κ3) is 5.97. The maximum Gasteiger partial charge on any atom is 0.302 e. The number of aliphatic hydroxyl groups is 7. The number of allylic oxidation sites excluding steroid dienone is 1. The van der Waals surface area contributed by atoms with E-state index in [1.165, 1.54) is 6.92 Å². The summed E-state index contributed by atoms with van der Waals surface area (Å²) in [6, 6.07) is 0. The van der Waals surface area contributed by atoms with Crippen LogP contribution >= 0.6 is 0 Å². The van der Waals surface area contributed by atoms with Crippen molar-refractivity contribution in [3.63, 3.8) is 0 Å². The molecular formula is C44H70O14. The van der Waals surface area contributed by atoms with Gasteiger partial charge in [0.1, 0.15) is 49.3 Å². The highest BCUT2D eigenvalue weighted by molar-refractivity contribution is 5.65. The summed E-state index contributed by atoms with van der Waals surface area (Å²) in [4.78, 5) is 11.4. The molecule has 8 aliphatic rings. The van der Waals surface area contributed by atoms with E-state index in [4.69, 9.17) is 28.4 Å². The number of esters is 1. The van der Waals surface area contributed by atoms with Gasteiger partial charge in [-0.2, -0.15) is 0 Å². The molecule has 0 aromatic heterocycles. The largest absolute Gasteiger partial charge is 0.463 e. The first kappa shape index (κ1) is 43.4. The molecule has 0 radical (unpaired) electrons. The number of hydrogen-bond donors (Lipinski definition) is 7. The highest BCUT2D eigenvalue weighted by Crippen LogP contribution is 2.79. The molecule has 0 amide bonds. The summed E-state index contributed by atoms with van der Waals surface area (Å²) >= 11 is 0. The lowest BCUT2D eigenvalue weighted by Gasteiger charge is -2.73. The minimum absolute atomic E-state index is 0.0264. The quantitative estimate of drug-likeness (QED) is 0.112. The van der Waals surface area contributed by atoms with E-state index in [0.717, 1.165) is 38.5 Å². The highest BCUT2D eigenvalue weighted by Gasteiger charge is 2.79. The number of ether oxygens (including phenoxy) is 6. The van der Waals surface area contributed by atoms with Gasteiger partial charge < -0.3 is 64.2 Å². The second-order valence-corrected chi connectivity index (χ2v) is 21.6. The second-order valence-electron chi connectivity index (χ2n) is 21.6. The maximum atomic E-state index is 12.2. The summed E-state index contributed by atoms with van der Waals surface area (Å²) in [5.74, 6) is -0.223. The van der Waals surface area contributed by atoms with Crippen LogP contribution in [0.3, 0.4) is 0 Å². The zero-order valence-electron chi connectivity index (χ0n) is 35.6. The van der Waals surface area contributed by atoms with Crippen molar-refractivity contribution in [2.45, 2.75) is 186 Å². The van der Waals surface area contributed by atoms with Gasteiger partial charge in [-0.05, 0) is 86.4 Å². The Morgan fingerprint density at radius 3 is 2.19 bits per heavy atom. The fraction of sp³-hybridized carbons (Fsp3) is 0.932. The van der Waals surface area contributed by atoms with Gasteiger partial charge in [0.05, 0.1) is 37.1 Å². The Labute approximate surface area is 342 Å². The predicted octanol–water partition coefficient (Wildman–Crippen LogP) is 2.35. The molecule has 0 aromatic rings. The number of aliphatic hydroxyl groups excluding tert-OH is 7. The van der Waals surface area contributed by atoms with E-state index in [1.807, 2.05) is 0 Å². The molecule has 14 nitrogen and oxygen atoms in total. The summed E-state index contributed by atoms with van der Waals surface area (Å²) in [5.41, 5.74) is -1.98. The van der Waals surface area contributed by atoms with Crippen molar-refractivity contribution in [1.29, 1.82) is 0 Å². The number of fused-ring (bicyclic) bond motifs is 4. The fourth-order valence-corrected chi connectivity index (χ4v) is 14.5. The van der Waals surface area contributed by atoms with Gasteiger partial charge in [0.15, 0.2) is 12.6 Å². The van der Waals surface area contributed by atoms with Crippen LogP contribution < -0.4 is 0 Å². The van der Waals surface area contributed by atoms with Crippen LogP contribution in [0.4, 0.5) is 0 Å². The van der Waals surface area contributed by atoms with E-state index >= 15 is 0 Å². The van der Waals surface area contributed by atoms with Crippen molar-refractivity contribution in [1.82, 2.24) is 0 Å². The van der Waals surface area contributed by atoms with Crippen molar-refractivity contribution >= 4 is 5.97 Å². The first-order chi connectivity index (χ1) is 27.0. The van der Waals surface area contributed by atoms with E-state index in [-0.39, 0.29) is 51.4 Å². The number of hydrogen-bond acceptors (Lipinski definition) is 14. The Balaban J connectivity index is 1.03. The summed E-state index contributed by atoms with van der Waals surface area (Å²) in [6.45, 7) is 16.8. The molecule has 0 aromatic carbocycles. The number of carbonyl (C=O) groups is 1. The molecule has 14 heteroatoms. The van der Waals surface area contributed by atoms with Gasteiger partial charge >= 0.3 is 5.97 Å². The molecule has 1 spiro atoms. The van der Waals surface area contributed by atoms with Gasteiger partial charge in [-0.1, -0.05) is 53.7 Å². The number of carbonyl (C=O) groups excluding carboxylic acids is 1. The fourth-order valence-electron chi connectivity index (χ4n) is 14.5. The van der Waals surface area contributed by atoms with Gasteiger partial charge in [-0.3, -0.25) is 4.79 Å². The summed E-state index contributed by atoms with van der Waals surface area (Å²) in [6.07, 6.45) is -3.78. The van der Waals surface area contributed by atoms with Gasteiger partial charge in [0, 0.05) is 29.1 Å². The van der Waals surface area contributed by atoms with Gasteiger partial charge in [0.25, 0.3) is 0 Å². The Bertz CT molecular complexity index is 1610. The van der Waals surface area contributed by atoms with Crippen LogP contribution in [0.2, 0.25) is 0 Å².